The third kappa shape index (κ3) is 4.02. The van der Waals surface area contributed by atoms with Gasteiger partial charge in [-0.3, -0.25) is 9.67 Å². The maximum atomic E-state index is 9.78. The van der Waals surface area contributed by atoms with Gasteiger partial charge < -0.3 is 5.11 Å². The fraction of sp³-hybridized carbons (Fsp3) is 0.500. The molecule has 0 spiro atoms. The van der Waals surface area contributed by atoms with Crippen molar-refractivity contribution in [2.45, 2.75) is 51.6 Å². The van der Waals surface area contributed by atoms with E-state index >= 15 is 0 Å². The Morgan fingerprint density at radius 2 is 2.05 bits per heavy atom. The number of nitrogens with zero attached hydrogens (tertiary/aromatic N) is 2. The van der Waals surface area contributed by atoms with Gasteiger partial charge >= 0.3 is 0 Å². The lowest BCUT2D eigenvalue weighted by Gasteiger charge is -2.18. The van der Waals surface area contributed by atoms with Crippen LogP contribution in [0.4, 0.5) is 0 Å². The van der Waals surface area contributed by atoms with Crippen molar-refractivity contribution >= 4 is 12.2 Å². The Bertz CT molecular complexity index is 603. The third-order valence-corrected chi connectivity index (χ3v) is 3.88. The van der Waals surface area contributed by atoms with E-state index in [1.54, 1.807) is 0 Å². The van der Waals surface area contributed by atoms with Gasteiger partial charge in [-0.15, -0.1) is 0 Å². The van der Waals surface area contributed by atoms with E-state index in [-0.39, 0.29) is 12.0 Å². The number of aromatic nitrogens is 3. The lowest BCUT2D eigenvalue weighted by molar-refractivity contribution is 0.170. The Hall–Kier alpha value is -1.46. The van der Waals surface area contributed by atoms with Crippen LogP contribution in [0.15, 0.2) is 30.3 Å². The highest BCUT2D eigenvalue weighted by Crippen LogP contribution is 2.27. The molecule has 0 saturated carbocycles. The molecule has 0 bridgehead atoms. The van der Waals surface area contributed by atoms with Crippen molar-refractivity contribution in [2.24, 2.45) is 0 Å². The second-order valence-electron chi connectivity index (χ2n) is 5.48. The molecule has 0 radical (unpaired) electrons. The standard InChI is InChI=1S/C16H23N3OS/c1-3-4-8-13(11-12(2)20)15-17-18-16(21)19(15)14-9-6-5-7-10-14/h5-7,9-10,12-13,20H,3-4,8,11H2,1-2H3,(H,18,21)/t12-,13-/m0/s1. The predicted octanol–water partition coefficient (Wildman–Crippen LogP) is 3.97. The number of H-pyrrole nitrogens is 1. The molecule has 2 atom stereocenters. The van der Waals surface area contributed by atoms with Crippen LogP contribution < -0.4 is 0 Å². The molecule has 2 N–H and O–H groups in total. The van der Waals surface area contributed by atoms with Crippen LogP contribution in [0.3, 0.4) is 0 Å². The summed E-state index contributed by atoms with van der Waals surface area (Å²) in [6, 6.07) is 10.0. The molecular formula is C16H23N3OS. The molecule has 0 saturated heterocycles. The van der Waals surface area contributed by atoms with Gasteiger partial charge in [-0.2, -0.15) is 5.10 Å². The number of hydrogen-bond donors (Lipinski definition) is 2. The number of rotatable bonds is 7. The highest BCUT2D eigenvalue weighted by molar-refractivity contribution is 7.71. The maximum Gasteiger partial charge on any atom is 0.199 e. The lowest BCUT2D eigenvalue weighted by Crippen LogP contribution is -2.14. The van der Waals surface area contributed by atoms with Crippen LogP contribution >= 0.6 is 12.2 Å². The molecule has 2 aromatic rings. The minimum Gasteiger partial charge on any atom is -0.393 e. The molecular weight excluding hydrogens is 282 g/mol. The molecule has 1 aromatic carbocycles. The summed E-state index contributed by atoms with van der Waals surface area (Å²) in [5.41, 5.74) is 1.01. The number of aliphatic hydroxyl groups excluding tert-OH is 1. The van der Waals surface area contributed by atoms with Crippen LogP contribution in [-0.4, -0.2) is 26.0 Å². The molecule has 1 aromatic heterocycles. The average molecular weight is 305 g/mol. The fourth-order valence-corrected chi connectivity index (χ4v) is 2.87. The molecule has 0 aliphatic heterocycles. The molecule has 21 heavy (non-hydrogen) atoms. The molecule has 0 fully saturated rings. The number of nitrogens with one attached hydrogen (secondary N) is 1. The maximum absolute atomic E-state index is 9.78. The molecule has 1 heterocycles. The van der Waals surface area contributed by atoms with E-state index in [0.29, 0.717) is 11.2 Å². The van der Waals surface area contributed by atoms with Gasteiger partial charge in [-0.25, -0.2) is 0 Å². The van der Waals surface area contributed by atoms with Gasteiger partial charge in [-0.1, -0.05) is 38.0 Å². The summed E-state index contributed by atoms with van der Waals surface area (Å²) in [5.74, 6) is 1.12. The average Bonchev–Trinajstić information content (AvgIpc) is 2.85. The summed E-state index contributed by atoms with van der Waals surface area (Å²) in [4.78, 5) is 0. The van der Waals surface area contributed by atoms with E-state index in [0.717, 1.165) is 30.8 Å². The third-order valence-electron chi connectivity index (χ3n) is 3.61. The van der Waals surface area contributed by atoms with E-state index < -0.39 is 0 Å². The number of unbranched alkanes of at least 4 members (excludes halogenated alkanes) is 1. The van der Waals surface area contributed by atoms with Crippen molar-refractivity contribution in [3.63, 3.8) is 0 Å². The number of aromatic amines is 1. The van der Waals surface area contributed by atoms with Crippen molar-refractivity contribution in [1.82, 2.24) is 14.8 Å². The monoisotopic (exact) mass is 305 g/mol. The zero-order valence-corrected chi connectivity index (χ0v) is 13.4. The van der Waals surface area contributed by atoms with E-state index in [1.165, 1.54) is 0 Å². The fourth-order valence-electron chi connectivity index (χ4n) is 2.62. The van der Waals surface area contributed by atoms with E-state index in [9.17, 15) is 5.11 Å². The summed E-state index contributed by atoms with van der Waals surface area (Å²) >= 11 is 5.38. The van der Waals surface area contributed by atoms with Gasteiger partial charge in [0.05, 0.1) is 6.10 Å². The normalized spacial score (nSPS) is 14.0. The first-order valence-electron chi connectivity index (χ1n) is 7.54. The first-order chi connectivity index (χ1) is 10.1. The van der Waals surface area contributed by atoms with E-state index in [2.05, 4.69) is 17.1 Å². The van der Waals surface area contributed by atoms with Crippen LogP contribution in [-0.2, 0) is 0 Å². The Labute approximate surface area is 130 Å². The molecule has 114 valence electrons. The summed E-state index contributed by atoms with van der Waals surface area (Å²) in [5, 5.41) is 17.1. The number of benzene rings is 1. The topological polar surface area (TPSA) is 53.8 Å². The first-order valence-corrected chi connectivity index (χ1v) is 7.95. The summed E-state index contributed by atoms with van der Waals surface area (Å²) in [7, 11) is 0. The number of hydrogen-bond acceptors (Lipinski definition) is 3. The second kappa shape index (κ2) is 7.52. The predicted molar refractivity (Wildman–Crippen MR) is 87.3 cm³/mol. The first kappa shape index (κ1) is 15.9. The van der Waals surface area contributed by atoms with Crippen LogP contribution in [0, 0.1) is 4.77 Å². The van der Waals surface area contributed by atoms with Gasteiger partial charge in [0, 0.05) is 11.6 Å². The van der Waals surface area contributed by atoms with Crippen molar-refractivity contribution < 1.29 is 5.11 Å². The molecule has 0 aliphatic carbocycles. The van der Waals surface area contributed by atoms with Crippen LogP contribution in [0.25, 0.3) is 5.69 Å². The van der Waals surface area contributed by atoms with E-state index in [4.69, 9.17) is 12.2 Å². The SMILES string of the molecule is CCCC[C@@H](C[C@H](C)O)c1n[nH]c(=S)n1-c1ccccc1. The van der Waals surface area contributed by atoms with Gasteiger partial charge in [0.2, 0.25) is 0 Å². The van der Waals surface area contributed by atoms with Gasteiger partial charge in [-0.05, 0) is 44.1 Å². The number of para-hydroxylation sites is 1. The van der Waals surface area contributed by atoms with Gasteiger partial charge in [0.15, 0.2) is 4.77 Å². The molecule has 0 amide bonds. The van der Waals surface area contributed by atoms with Crippen LogP contribution in [0.2, 0.25) is 0 Å². The molecule has 4 nitrogen and oxygen atoms in total. The Morgan fingerprint density at radius 1 is 1.33 bits per heavy atom. The molecule has 0 aliphatic rings. The van der Waals surface area contributed by atoms with Gasteiger partial charge in [0.25, 0.3) is 0 Å². The molecule has 2 rings (SSSR count). The molecule has 5 heteroatoms. The van der Waals surface area contributed by atoms with Gasteiger partial charge in [0.1, 0.15) is 5.82 Å². The minimum atomic E-state index is -0.346. The lowest BCUT2D eigenvalue weighted by atomic mass is 9.95. The summed E-state index contributed by atoms with van der Waals surface area (Å²) in [6.45, 7) is 4.00. The summed E-state index contributed by atoms with van der Waals surface area (Å²) in [6.07, 6.45) is 3.61. The summed E-state index contributed by atoms with van der Waals surface area (Å²) < 4.78 is 2.58. The molecule has 0 unspecified atom stereocenters. The van der Waals surface area contributed by atoms with E-state index in [1.807, 2.05) is 41.8 Å². The highest BCUT2D eigenvalue weighted by atomic mass is 32.1. The largest absolute Gasteiger partial charge is 0.393 e. The van der Waals surface area contributed by atoms with Crippen LogP contribution in [0.1, 0.15) is 51.3 Å². The quantitative estimate of drug-likeness (QED) is 0.761. The Balaban J connectivity index is 2.39. The minimum absolute atomic E-state index is 0.207. The van der Waals surface area contributed by atoms with Crippen molar-refractivity contribution in [3.8, 4) is 5.69 Å². The Kier molecular flexibility index (Phi) is 5.70. The zero-order chi connectivity index (χ0) is 15.2. The smallest absolute Gasteiger partial charge is 0.199 e. The Morgan fingerprint density at radius 3 is 2.67 bits per heavy atom. The van der Waals surface area contributed by atoms with Crippen molar-refractivity contribution in [2.75, 3.05) is 0 Å². The highest BCUT2D eigenvalue weighted by Gasteiger charge is 2.21. The van der Waals surface area contributed by atoms with Crippen molar-refractivity contribution in [1.29, 1.82) is 0 Å². The number of aliphatic hydroxyl groups is 1. The zero-order valence-electron chi connectivity index (χ0n) is 12.6. The van der Waals surface area contributed by atoms with Crippen LogP contribution in [0.5, 0.6) is 0 Å². The second-order valence-corrected chi connectivity index (χ2v) is 5.87. The van der Waals surface area contributed by atoms with Crippen molar-refractivity contribution in [3.05, 3.63) is 40.9 Å².